The highest BCUT2D eigenvalue weighted by molar-refractivity contribution is 5.99. The zero-order valence-corrected chi connectivity index (χ0v) is 31.2. The minimum absolute atomic E-state index is 0.0209. The van der Waals surface area contributed by atoms with Crippen molar-refractivity contribution in [2.24, 2.45) is 0 Å². The number of para-hydroxylation sites is 2. The van der Waals surface area contributed by atoms with Gasteiger partial charge in [0.15, 0.2) is 0 Å². The lowest BCUT2D eigenvalue weighted by Crippen LogP contribution is -2.17. The third kappa shape index (κ3) is 7.70. The fourth-order valence-electron chi connectivity index (χ4n) is 7.69. The zero-order chi connectivity index (χ0) is 37.4. The summed E-state index contributed by atoms with van der Waals surface area (Å²) in [5.74, 6) is 1.19. The number of fused-ring (bicyclic) bond motifs is 6. The molecule has 0 bridgehead atoms. The molecule has 0 radical (unpaired) electrons. The zero-order valence-electron chi connectivity index (χ0n) is 31.2. The second-order valence-corrected chi connectivity index (χ2v) is 13.4. The number of esters is 1. The maximum atomic E-state index is 11.6. The van der Waals surface area contributed by atoms with Crippen molar-refractivity contribution in [1.82, 2.24) is 19.8 Å². The number of aliphatic hydroxyl groups is 1. The molecule has 3 N–H and O–H groups in total. The average molecular weight is 725 g/mol. The molecular formula is C45H48N4O5. The molecule has 4 heterocycles. The van der Waals surface area contributed by atoms with E-state index in [1.165, 1.54) is 51.9 Å². The molecule has 0 atom stereocenters. The van der Waals surface area contributed by atoms with Gasteiger partial charge in [0.05, 0.1) is 39.0 Å². The van der Waals surface area contributed by atoms with Crippen LogP contribution in [0, 0.1) is 0 Å². The van der Waals surface area contributed by atoms with Crippen molar-refractivity contribution in [3.63, 3.8) is 0 Å². The summed E-state index contributed by atoms with van der Waals surface area (Å²) in [5, 5.41) is 18.7. The lowest BCUT2D eigenvalue weighted by molar-refractivity contribution is -0.134. The van der Waals surface area contributed by atoms with Gasteiger partial charge in [-0.3, -0.25) is 0 Å². The van der Waals surface area contributed by atoms with E-state index in [4.69, 9.17) is 14.2 Å². The fraction of sp³-hybridized carbons (Fsp3) is 0.267. The number of aromatic nitrogens is 2. The number of aliphatic hydroxyl groups excluding tert-OH is 1. The third-order valence-electron chi connectivity index (χ3n) is 10.3. The van der Waals surface area contributed by atoms with Gasteiger partial charge in [0.1, 0.15) is 11.5 Å². The molecule has 0 amide bonds. The second kappa shape index (κ2) is 17.0. The molecule has 0 saturated carbocycles. The van der Waals surface area contributed by atoms with Crippen LogP contribution in [-0.2, 0) is 35.5 Å². The van der Waals surface area contributed by atoms with Crippen molar-refractivity contribution in [3.05, 3.63) is 120 Å². The molecule has 0 unspecified atom stereocenters. The summed E-state index contributed by atoms with van der Waals surface area (Å²) in [4.78, 5) is 11.6. The van der Waals surface area contributed by atoms with Crippen LogP contribution in [0.4, 0.5) is 0 Å². The van der Waals surface area contributed by atoms with Crippen LogP contribution in [0.2, 0.25) is 0 Å². The van der Waals surface area contributed by atoms with E-state index in [0.29, 0.717) is 0 Å². The molecule has 9 nitrogen and oxygen atoms in total. The first-order valence-electron chi connectivity index (χ1n) is 18.6. The highest BCUT2D eigenvalue weighted by atomic mass is 16.5. The minimum Gasteiger partial charge on any atom is -0.497 e. The Balaban J connectivity index is 0.000000167. The van der Waals surface area contributed by atoms with Crippen LogP contribution in [0.3, 0.4) is 0 Å². The van der Waals surface area contributed by atoms with Crippen LogP contribution in [-0.4, -0.2) is 74.3 Å². The topological polar surface area (TPSA) is 98.9 Å². The van der Waals surface area contributed by atoms with Gasteiger partial charge in [0, 0.05) is 91.5 Å². The van der Waals surface area contributed by atoms with E-state index in [1.807, 2.05) is 30.3 Å². The summed E-state index contributed by atoms with van der Waals surface area (Å²) in [7, 11) is 4.70. The summed E-state index contributed by atoms with van der Waals surface area (Å²) >= 11 is 0. The Kier molecular flexibility index (Phi) is 11.6. The van der Waals surface area contributed by atoms with Crippen molar-refractivity contribution in [3.8, 4) is 33.8 Å². The highest BCUT2D eigenvalue weighted by Gasteiger charge is 2.18. The predicted molar refractivity (Wildman–Crippen MR) is 218 cm³/mol. The van der Waals surface area contributed by atoms with E-state index < -0.39 is 0 Å². The molecule has 278 valence electrons. The molecule has 0 fully saturated rings. The van der Waals surface area contributed by atoms with Gasteiger partial charge in [-0.15, -0.1) is 0 Å². The van der Waals surface area contributed by atoms with Crippen molar-refractivity contribution in [2.45, 2.75) is 25.9 Å². The maximum absolute atomic E-state index is 11.6. The number of nitrogens with one attached hydrogen (secondary N) is 2. The predicted octanol–water partition coefficient (Wildman–Crippen LogP) is 7.12. The van der Waals surface area contributed by atoms with E-state index in [9.17, 15) is 9.90 Å². The SMILES string of the molecule is COC(=O)/C=C/c1cc(OC)ccc1-c1cccc2cc3n(c12)CCNCC3.COc1ccc(-c2cccc3cc4n(c23)CCNCC4)c(/C=C\CO)c1. The number of rotatable bonds is 8. The molecule has 8 rings (SSSR count). The highest BCUT2D eigenvalue weighted by Crippen LogP contribution is 2.37. The first kappa shape index (κ1) is 36.7. The minimum atomic E-state index is -0.380. The Morgan fingerprint density at radius 1 is 0.667 bits per heavy atom. The van der Waals surface area contributed by atoms with Crippen molar-refractivity contribution in [2.75, 3.05) is 54.1 Å². The Morgan fingerprint density at radius 3 is 1.67 bits per heavy atom. The monoisotopic (exact) mass is 724 g/mol. The Morgan fingerprint density at radius 2 is 1.19 bits per heavy atom. The standard InChI is InChI=1S/C23H24N2O3.C22H24N2O2/c1-27-19-7-8-20(16(15-19)6-9-22(26)28-2)21-5-3-4-17-14-18-10-11-24-12-13-25(18)23(17)21;1-26-19-7-8-20(16(15-19)5-3-13-25)21-6-2-4-17-14-18-9-10-23-11-12-24(18)22(17)21/h3-9,14-15,24H,10-13H2,1-2H3;2-8,14-15,23,25H,9-13H2,1H3/b9-6+;5-3-. The number of hydrogen-bond donors (Lipinski definition) is 3. The van der Waals surface area contributed by atoms with E-state index in [1.54, 1.807) is 26.4 Å². The van der Waals surface area contributed by atoms with Gasteiger partial charge in [-0.1, -0.05) is 60.7 Å². The van der Waals surface area contributed by atoms with Gasteiger partial charge < -0.3 is 39.1 Å². The quantitative estimate of drug-likeness (QED) is 0.114. The summed E-state index contributed by atoms with van der Waals surface area (Å²) in [6.45, 7) is 5.92. The number of benzene rings is 4. The second-order valence-electron chi connectivity index (χ2n) is 13.4. The lowest BCUT2D eigenvalue weighted by Gasteiger charge is -2.14. The van der Waals surface area contributed by atoms with Gasteiger partial charge >= 0.3 is 5.97 Å². The first-order valence-corrected chi connectivity index (χ1v) is 18.6. The van der Waals surface area contributed by atoms with Crippen molar-refractivity contribution in [1.29, 1.82) is 0 Å². The van der Waals surface area contributed by atoms with Crippen molar-refractivity contribution < 1.29 is 24.1 Å². The molecule has 9 heteroatoms. The van der Waals surface area contributed by atoms with Crippen LogP contribution in [0.5, 0.6) is 11.5 Å². The summed E-state index contributed by atoms with van der Waals surface area (Å²) in [6, 6.07) is 29.6. The van der Waals surface area contributed by atoms with Crippen LogP contribution in [0.1, 0.15) is 22.5 Å². The number of carbonyl (C=O) groups excluding carboxylic acids is 1. The Bertz CT molecular complexity index is 2330. The molecule has 4 aromatic carbocycles. The van der Waals surface area contributed by atoms with Gasteiger partial charge in [-0.05, 0) is 64.7 Å². The number of nitrogens with zero attached hydrogens (tertiary/aromatic N) is 2. The first-order chi connectivity index (χ1) is 26.5. The summed E-state index contributed by atoms with van der Waals surface area (Å²) < 4.78 is 20.4. The molecular weight excluding hydrogens is 677 g/mol. The molecule has 2 aliphatic heterocycles. The van der Waals surface area contributed by atoms with Gasteiger partial charge in [-0.25, -0.2) is 4.79 Å². The molecule has 0 aliphatic carbocycles. The third-order valence-corrected chi connectivity index (χ3v) is 10.3. The van der Waals surface area contributed by atoms with Crippen LogP contribution < -0.4 is 20.1 Å². The van der Waals surface area contributed by atoms with Crippen molar-refractivity contribution >= 4 is 39.9 Å². The normalized spacial score (nSPS) is 14.3. The van der Waals surface area contributed by atoms with Crippen LogP contribution >= 0.6 is 0 Å². The number of methoxy groups -OCH3 is 3. The Hall–Kier alpha value is -5.61. The van der Waals surface area contributed by atoms with E-state index in [2.05, 4.69) is 80.4 Å². The molecule has 6 aromatic rings. The average Bonchev–Trinajstić information content (AvgIpc) is 3.53. The van der Waals surface area contributed by atoms with Gasteiger partial charge in [-0.2, -0.15) is 0 Å². The maximum Gasteiger partial charge on any atom is 0.330 e. The van der Waals surface area contributed by atoms with E-state index in [0.717, 1.165) is 91.4 Å². The van der Waals surface area contributed by atoms with E-state index >= 15 is 0 Å². The molecule has 0 saturated heterocycles. The van der Waals surface area contributed by atoms with Gasteiger partial charge in [0.25, 0.3) is 0 Å². The number of carbonyl (C=O) groups is 1. The van der Waals surface area contributed by atoms with Gasteiger partial charge in [0.2, 0.25) is 0 Å². The summed E-state index contributed by atoms with van der Waals surface area (Å²) in [6.07, 6.45) is 9.03. The number of ether oxygens (including phenoxy) is 3. The number of hydrogen-bond acceptors (Lipinski definition) is 7. The smallest absolute Gasteiger partial charge is 0.330 e. The van der Waals surface area contributed by atoms with Crippen LogP contribution in [0.15, 0.2) is 97.1 Å². The lowest BCUT2D eigenvalue weighted by atomic mass is 9.97. The molecule has 2 aromatic heterocycles. The molecule has 0 spiro atoms. The van der Waals surface area contributed by atoms with E-state index in [-0.39, 0.29) is 12.6 Å². The fourth-order valence-corrected chi connectivity index (χ4v) is 7.69. The molecule has 54 heavy (non-hydrogen) atoms. The van der Waals surface area contributed by atoms with Crippen LogP contribution in [0.25, 0.3) is 56.2 Å². The summed E-state index contributed by atoms with van der Waals surface area (Å²) in [5.41, 5.74) is 11.8. The Labute approximate surface area is 316 Å². The molecule has 2 aliphatic rings. The largest absolute Gasteiger partial charge is 0.497 e.